The molecular formula is C14H11Cl2N5O2S2. The minimum absolute atomic E-state index is 0.160. The van der Waals surface area contributed by atoms with E-state index in [1.165, 1.54) is 35.4 Å². The zero-order valence-corrected chi connectivity index (χ0v) is 15.7. The Morgan fingerprint density at radius 2 is 2.24 bits per heavy atom. The van der Waals surface area contributed by atoms with E-state index >= 15 is 0 Å². The summed E-state index contributed by atoms with van der Waals surface area (Å²) < 4.78 is 5.90. The van der Waals surface area contributed by atoms with E-state index in [1.54, 1.807) is 6.26 Å². The van der Waals surface area contributed by atoms with E-state index in [0.29, 0.717) is 21.0 Å². The molecule has 0 radical (unpaired) electrons. The highest BCUT2D eigenvalue weighted by molar-refractivity contribution is 8.01. The molecule has 3 aromatic rings. The molecule has 3 aromatic heterocycles. The Bertz CT molecular complexity index is 857. The number of thioether (sulfide) groups is 1. The summed E-state index contributed by atoms with van der Waals surface area (Å²) in [6.45, 7) is 0.521. The second-order valence-corrected chi connectivity index (χ2v) is 7.67. The van der Waals surface area contributed by atoms with E-state index in [-0.39, 0.29) is 22.5 Å². The summed E-state index contributed by atoms with van der Waals surface area (Å²) in [7, 11) is 0. The van der Waals surface area contributed by atoms with Crippen LogP contribution in [0.15, 0.2) is 39.4 Å². The molecule has 0 aliphatic heterocycles. The van der Waals surface area contributed by atoms with Gasteiger partial charge in [0.05, 0.1) is 28.6 Å². The lowest BCUT2D eigenvalue weighted by Gasteiger charge is -2.05. The summed E-state index contributed by atoms with van der Waals surface area (Å²) in [6, 6.07) is 5.20. The van der Waals surface area contributed by atoms with Crippen LogP contribution in [0.4, 0.5) is 10.9 Å². The number of carbonyl (C=O) groups is 1. The fourth-order valence-electron chi connectivity index (χ4n) is 1.72. The van der Waals surface area contributed by atoms with Crippen LogP contribution in [0, 0.1) is 0 Å². The first kappa shape index (κ1) is 18.0. The number of nitrogens with zero attached hydrogens (tertiary/aromatic N) is 3. The number of hydrogen-bond donors (Lipinski definition) is 2. The first-order valence-corrected chi connectivity index (χ1v) is 9.49. The molecule has 130 valence electrons. The van der Waals surface area contributed by atoms with Crippen LogP contribution in [0.3, 0.4) is 0 Å². The van der Waals surface area contributed by atoms with Crippen molar-refractivity contribution in [1.29, 1.82) is 0 Å². The Kier molecular flexibility index (Phi) is 6.14. The lowest BCUT2D eigenvalue weighted by molar-refractivity contribution is -0.113. The van der Waals surface area contributed by atoms with Crippen molar-refractivity contribution in [2.75, 3.05) is 16.4 Å². The normalized spacial score (nSPS) is 10.6. The topological polar surface area (TPSA) is 92.9 Å². The molecule has 0 aliphatic rings. The molecule has 0 spiro atoms. The minimum Gasteiger partial charge on any atom is -0.467 e. The van der Waals surface area contributed by atoms with E-state index in [4.69, 9.17) is 27.6 Å². The van der Waals surface area contributed by atoms with Crippen LogP contribution in [0.25, 0.3) is 0 Å². The lowest BCUT2D eigenvalue weighted by atomic mass is 10.4. The number of pyridine rings is 1. The first-order chi connectivity index (χ1) is 12.1. The number of furan rings is 1. The molecule has 1 amide bonds. The van der Waals surface area contributed by atoms with Gasteiger partial charge in [-0.15, -0.1) is 10.2 Å². The van der Waals surface area contributed by atoms with Gasteiger partial charge in [0.1, 0.15) is 5.76 Å². The molecule has 25 heavy (non-hydrogen) atoms. The van der Waals surface area contributed by atoms with Crippen LogP contribution in [-0.2, 0) is 11.3 Å². The minimum atomic E-state index is -0.248. The molecule has 2 N–H and O–H groups in total. The van der Waals surface area contributed by atoms with Gasteiger partial charge in [-0.1, -0.05) is 46.3 Å². The molecule has 11 heteroatoms. The van der Waals surface area contributed by atoms with E-state index in [1.807, 2.05) is 12.1 Å². The Labute approximate surface area is 161 Å². The van der Waals surface area contributed by atoms with E-state index < -0.39 is 0 Å². The average molecular weight is 416 g/mol. The number of nitrogens with one attached hydrogen (secondary N) is 2. The predicted octanol–water partition coefficient (Wildman–Crippen LogP) is 4.18. The van der Waals surface area contributed by atoms with E-state index in [2.05, 4.69) is 25.8 Å². The van der Waals surface area contributed by atoms with Crippen LogP contribution in [-0.4, -0.2) is 26.8 Å². The van der Waals surface area contributed by atoms with Gasteiger partial charge in [-0.05, 0) is 18.2 Å². The highest BCUT2D eigenvalue weighted by Gasteiger charge is 2.11. The molecule has 3 rings (SSSR count). The van der Waals surface area contributed by atoms with Gasteiger partial charge in [-0.3, -0.25) is 4.79 Å². The number of hydrogen-bond acceptors (Lipinski definition) is 8. The van der Waals surface area contributed by atoms with Crippen LogP contribution in [0.5, 0.6) is 0 Å². The van der Waals surface area contributed by atoms with Crippen molar-refractivity contribution in [3.8, 4) is 0 Å². The van der Waals surface area contributed by atoms with Gasteiger partial charge in [0.15, 0.2) is 10.2 Å². The number of rotatable bonds is 7. The molecule has 0 bridgehead atoms. The van der Waals surface area contributed by atoms with Gasteiger partial charge in [0, 0.05) is 6.20 Å². The molecular weight excluding hydrogens is 405 g/mol. The summed E-state index contributed by atoms with van der Waals surface area (Å²) in [5.41, 5.74) is 0. The molecule has 3 heterocycles. The Balaban J connectivity index is 1.47. The Hall–Kier alpha value is -1.81. The second kappa shape index (κ2) is 8.52. The van der Waals surface area contributed by atoms with Gasteiger partial charge in [-0.25, -0.2) is 4.98 Å². The van der Waals surface area contributed by atoms with Gasteiger partial charge < -0.3 is 15.1 Å². The van der Waals surface area contributed by atoms with Crippen molar-refractivity contribution in [3.05, 3.63) is 46.5 Å². The number of halogens is 2. The smallest absolute Gasteiger partial charge is 0.236 e. The Morgan fingerprint density at radius 1 is 1.36 bits per heavy atom. The molecule has 7 nitrogen and oxygen atoms in total. The summed E-state index contributed by atoms with van der Waals surface area (Å²) in [4.78, 5) is 16.0. The quantitative estimate of drug-likeness (QED) is 0.559. The highest BCUT2D eigenvalue weighted by atomic mass is 35.5. The molecule has 0 saturated carbocycles. The van der Waals surface area contributed by atoms with Gasteiger partial charge in [0.2, 0.25) is 11.0 Å². The van der Waals surface area contributed by atoms with Crippen molar-refractivity contribution in [2.24, 2.45) is 0 Å². The monoisotopic (exact) mass is 415 g/mol. The standard InChI is InChI=1S/C14H11Cl2N5O2S2/c15-8-4-10(16)12(17-5-8)19-11(22)7-24-14-21-20-13(25-14)18-6-9-2-1-3-23-9/h1-5H,6-7H2,(H,18,20)(H,17,19,22). The zero-order valence-electron chi connectivity index (χ0n) is 12.5. The van der Waals surface area contributed by atoms with Crippen LogP contribution >= 0.6 is 46.3 Å². The summed E-state index contributed by atoms with van der Waals surface area (Å²) in [6.07, 6.45) is 3.02. The average Bonchev–Trinajstić information content (AvgIpc) is 3.25. The van der Waals surface area contributed by atoms with Crippen molar-refractivity contribution < 1.29 is 9.21 Å². The fourth-order valence-corrected chi connectivity index (χ4v) is 3.69. The maximum Gasteiger partial charge on any atom is 0.236 e. The first-order valence-electron chi connectivity index (χ1n) is 6.93. The molecule has 0 saturated heterocycles. The maximum absolute atomic E-state index is 12.0. The highest BCUT2D eigenvalue weighted by Crippen LogP contribution is 2.27. The number of aromatic nitrogens is 3. The predicted molar refractivity (Wildman–Crippen MR) is 99.6 cm³/mol. The van der Waals surface area contributed by atoms with Crippen LogP contribution in [0.2, 0.25) is 10.0 Å². The number of carbonyl (C=O) groups excluding carboxylic acids is 1. The third-order valence-corrected chi connectivity index (χ3v) is 5.30. The number of anilines is 2. The molecule has 0 aliphatic carbocycles. The summed E-state index contributed by atoms with van der Waals surface area (Å²) in [5.74, 6) is 0.987. The molecule has 0 fully saturated rings. The third kappa shape index (κ3) is 5.33. The zero-order chi connectivity index (χ0) is 17.6. The third-order valence-electron chi connectivity index (χ3n) is 2.79. The molecule has 0 unspecified atom stereocenters. The van der Waals surface area contributed by atoms with Crippen LogP contribution in [0.1, 0.15) is 5.76 Å². The van der Waals surface area contributed by atoms with Gasteiger partial charge in [-0.2, -0.15) is 0 Å². The molecule has 0 aromatic carbocycles. The Morgan fingerprint density at radius 3 is 3.00 bits per heavy atom. The summed E-state index contributed by atoms with van der Waals surface area (Å²) >= 11 is 14.4. The lowest BCUT2D eigenvalue weighted by Crippen LogP contribution is -2.15. The number of amides is 1. The van der Waals surface area contributed by atoms with Crippen molar-refractivity contribution in [3.63, 3.8) is 0 Å². The van der Waals surface area contributed by atoms with Gasteiger partial charge >= 0.3 is 0 Å². The van der Waals surface area contributed by atoms with Crippen molar-refractivity contribution in [1.82, 2.24) is 15.2 Å². The SMILES string of the molecule is O=C(CSc1nnc(NCc2ccco2)s1)Nc1ncc(Cl)cc1Cl. The van der Waals surface area contributed by atoms with Crippen molar-refractivity contribution in [2.45, 2.75) is 10.9 Å². The maximum atomic E-state index is 12.0. The van der Waals surface area contributed by atoms with Crippen molar-refractivity contribution >= 4 is 63.2 Å². The van der Waals surface area contributed by atoms with Gasteiger partial charge in [0.25, 0.3) is 0 Å². The summed E-state index contributed by atoms with van der Waals surface area (Å²) in [5, 5.41) is 15.1. The second-order valence-electron chi connectivity index (χ2n) is 4.63. The van der Waals surface area contributed by atoms with E-state index in [9.17, 15) is 4.79 Å². The van der Waals surface area contributed by atoms with Crippen LogP contribution < -0.4 is 10.6 Å². The molecule has 0 atom stereocenters. The fraction of sp³-hybridized carbons (Fsp3) is 0.143. The van der Waals surface area contributed by atoms with E-state index in [0.717, 1.165) is 5.76 Å². The largest absolute Gasteiger partial charge is 0.467 e.